The average Bonchev–Trinajstić information content (AvgIpc) is 2.67. The molecular formula is C13H12Br3NO. The van der Waals surface area contributed by atoms with Crippen molar-refractivity contribution >= 4 is 47.8 Å². The maximum atomic E-state index is 5.52. The van der Waals surface area contributed by atoms with Crippen LogP contribution in [0.5, 0.6) is 0 Å². The molecular weight excluding hydrogens is 426 g/mol. The van der Waals surface area contributed by atoms with E-state index in [1.54, 1.807) is 0 Å². The molecule has 1 aromatic heterocycles. The Hall–Kier alpha value is -0.100. The van der Waals surface area contributed by atoms with Gasteiger partial charge in [-0.25, -0.2) is 0 Å². The Bertz CT molecular complexity index is 502. The number of nitrogens with one attached hydrogen (secondary N) is 1. The summed E-state index contributed by atoms with van der Waals surface area (Å²) in [5.74, 6) is 0.901. The molecule has 2 nitrogen and oxygen atoms in total. The second-order valence-electron chi connectivity index (χ2n) is 3.99. The molecule has 1 aromatic carbocycles. The SMILES string of the molecule is CC(NCc1cc(Br)c(Br)o1)c1ccc(Br)cc1. The fraction of sp³-hybridized carbons (Fsp3) is 0.231. The normalized spacial score (nSPS) is 12.7. The van der Waals surface area contributed by atoms with E-state index in [1.165, 1.54) is 5.56 Å². The van der Waals surface area contributed by atoms with E-state index in [2.05, 4.69) is 72.2 Å². The Morgan fingerprint density at radius 1 is 1.17 bits per heavy atom. The number of hydrogen-bond acceptors (Lipinski definition) is 2. The van der Waals surface area contributed by atoms with Gasteiger partial charge in [0.15, 0.2) is 4.67 Å². The number of furan rings is 1. The Morgan fingerprint density at radius 2 is 1.83 bits per heavy atom. The summed E-state index contributed by atoms with van der Waals surface area (Å²) in [7, 11) is 0. The van der Waals surface area contributed by atoms with E-state index >= 15 is 0 Å². The molecule has 0 spiro atoms. The van der Waals surface area contributed by atoms with Gasteiger partial charge in [0.2, 0.25) is 0 Å². The molecule has 0 aliphatic rings. The average molecular weight is 438 g/mol. The number of rotatable bonds is 4. The first-order valence-electron chi connectivity index (χ1n) is 5.49. The van der Waals surface area contributed by atoms with Gasteiger partial charge in [-0.1, -0.05) is 28.1 Å². The lowest BCUT2D eigenvalue weighted by atomic mass is 10.1. The van der Waals surface area contributed by atoms with Crippen LogP contribution in [0.25, 0.3) is 0 Å². The van der Waals surface area contributed by atoms with Gasteiger partial charge in [0.25, 0.3) is 0 Å². The molecule has 2 aromatic rings. The standard InChI is InChI=1S/C13H12Br3NO/c1-8(9-2-4-10(14)5-3-9)17-7-11-6-12(15)13(16)18-11/h2-6,8,17H,7H2,1H3. The fourth-order valence-corrected chi connectivity index (χ4v) is 2.52. The van der Waals surface area contributed by atoms with Crippen LogP contribution in [0.4, 0.5) is 0 Å². The van der Waals surface area contributed by atoms with Crippen molar-refractivity contribution in [2.24, 2.45) is 0 Å². The second kappa shape index (κ2) is 6.37. The highest BCUT2D eigenvalue weighted by atomic mass is 79.9. The minimum Gasteiger partial charge on any atom is -0.452 e. The minimum absolute atomic E-state index is 0.278. The Morgan fingerprint density at radius 3 is 2.39 bits per heavy atom. The highest BCUT2D eigenvalue weighted by Gasteiger charge is 2.09. The first kappa shape index (κ1) is 14.3. The van der Waals surface area contributed by atoms with E-state index in [-0.39, 0.29) is 6.04 Å². The summed E-state index contributed by atoms with van der Waals surface area (Å²) in [5, 5.41) is 3.42. The van der Waals surface area contributed by atoms with Crippen LogP contribution in [0.3, 0.4) is 0 Å². The quantitative estimate of drug-likeness (QED) is 0.691. The molecule has 1 heterocycles. The van der Waals surface area contributed by atoms with Crippen LogP contribution < -0.4 is 5.32 Å². The van der Waals surface area contributed by atoms with E-state index in [9.17, 15) is 0 Å². The molecule has 96 valence electrons. The first-order chi connectivity index (χ1) is 8.56. The van der Waals surface area contributed by atoms with Gasteiger partial charge in [0.1, 0.15) is 5.76 Å². The molecule has 0 bridgehead atoms. The molecule has 0 aliphatic heterocycles. The van der Waals surface area contributed by atoms with Crippen molar-refractivity contribution in [3.8, 4) is 0 Å². The van der Waals surface area contributed by atoms with E-state index in [4.69, 9.17) is 4.42 Å². The number of hydrogen-bond donors (Lipinski definition) is 1. The van der Waals surface area contributed by atoms with E-state index in [0.717, 1.165) is 19.4 Å². The number of benzene rings is 1. The van der Waals surface area contributed by atoms with E-state index in [0.29, 0.717) is 6.54 Å². The van der Waals surface area contributed by atoms with Crippen molar-refractivity contribution in [2.45, 2.75) is 19.5 Å². The van der Waals surface area contributed by atoms with Gasteiger partial charge in [0.05, 0.1) is 11.0 Å². The van der Waals surface area contributed by atoms with Gasteiger partial charge in [-0.3, -0.25) is 0 Å². The molecule has 18 heavy (non-hydrogen) atoms. The molecule has 5 heteroatoms. The van der Waals surface area contributed by atoms with Crippen molar-refractivity contribution in [1.82, 2.24) is 5.32 Å². The second-order valence-corrected chi connectivity index (χ2v) is 6.48. The van der Waals surface area contributed by atoms with Gasteiger partial charge in [-0.2, -0.15) is 0 Å². The van der Waals surface area contributed by atoms with Crippen LogP contribution in [0.1, 0.15) is 24.3 Å². The van der Waals surface area contributed by atoms with Gasteiger partial charge in [0, 0.05) is 10.5 Å². The lowest BCUT2D eigenvalue weighted by molar-refractivity contribution is 0.446. The predicted molar refractivity (Wildman–Crippen MR) is 83.5 cm³/mol. The summed E-state index contributed by atoms with van der Waals surface area (Å²) in [6.45, 7) is 2.83. The third-order valence-electron chi connectivity index (χ3n) is 2.65. The van der Waals surface area contributed by atoms with Crippen LogP contribution in [-0.4, -0.2) is 0 Å². The van der Waals surface area contributed by atoms with E-state index in [1.807, 2.05) is 18.2 Å². The van der Waals surface area contributed by atoms with Crippen LogP contribution in [-0.2, 0) is 6.54 Å². The Kier molecular flexibility index (Phi) is 5.06. The van der Waals surface area contributed by atoms with Gasteiger partial charge < -0.3 is 9.73 Å². The van der Waals surface area contributed by atoms with Gasteiger partial charge in [-0.05, 0) is 62.5 Å². The summed E-state index contributed by atoms with van der Waals surface area (Å²) in [5.41, 5.74) is 1.25. The Balaban J connectivity index is 1.95. The summed E-state index contributed by atoms with van der Waals surface area (Å²) < 4.78 is 8.29. The van der Waals surface area contributed by atoms with Crippen LogP contribution in [0, 0.1) is 0 Å². The van der Waals surface area contributed by atoms with Crippen molar-refractivity contribution in [3.63, 3.8) is 0 Å². The molecule has 0 saturated heterocycles. The van der Waals surface area contributed by atoms with Gasteiger partial charge in [-0.15, -0.1) is 0 Å². The molecule has 1 unspecified atom stereocenters. The summed E-state index contributed by atoms with van der Waals surface area (Å²) in [4.78, 5) is 0. The number of halogens is 3. The zero-order chi connectivity index (χ0) is 13.1. The molecule has 2 rings (SSSR count). The summed E-state index contributed by atoms with van der Waals surface area (Å²) in [6, 6.07) is 10.6. The molecule has 1 atom stereocenters. The molecule has 1 N–H and O–H groups in total. The predicted octanol–water partition coefficient (Wildman–Crippen LogP) is 5.42. The fourth-order valence-electron chi connectivity index (χ4n) is 1.60. The van der Waals surface area contributed by atoms with Crippen molar-refractivity contribution in [3.05, 3.63) is 55.3 Å². The summed E-state index contributed by atoms with van der Waals surface area (Å²) in [6.07, 6.45) is 0. The highest BCUT2D eigenvalue weighted by Crippen LogP contribution is 2.27. The smallest absolute Gasteiger partial charge is 0.183 e. The van der Waals surface area contributed by atoms with Crippen LogP contribution >= 0.6 is 47.8 Å². The molecule has 0 amide bonds. The third-order valence-corrected chi connectivity index (χ3v) is 4.89. The van der Waals surface area contributed by atoms with E-state index < -0.39 is 0 Å². The van der Waals surface area contributed by atoms with Crippen LogP contribution in [0.15, 0.2) is 48.4 Å². The Labute approximate surface area is 132 Å². The van der Waals surface area contributed by atoms with Crippen LogP contribution in [0.2, 0.25) is 0 Å². The zero-order valence-corrected chi connectivity index (χ0v) is 14.5. The molecule has 0 radical (unpaired) electrons. The van der Waals surface area contributed by atoms with Crippen molar-refractivity contribution in [1.29, 1.82) is 0 Å². The zero-order valence-electron chi connectivity index (χ0n) is 9.71. The molecule has 0 saturated carbocycles. The lowest BCUT2D eigenvalue weighted by Crippen LogP contribution is -2.17. The topological polar surface area (TPSA) is 25.2 Å². The minimum atomic E-state index is 0.278. The largest absolute Gasteiger partial charge is 0.452 e. The molecule has 0 aliphatic carbocycles. The van der Waals surface area contributed by atoms with Crippen molar-refractivity contribution in [2.75, 3.05) is 0 Å². The third kappa shape index (κ3) is 3.70. The summed E-state index contributed by atoms with van der Waals surface area (Å²) >= 11 is 10.2. The highest BCUT2D eigenvalue weighted by molar-refractivity contribution is 9.13. The van der Waals surface area contributed by atoms with Gasteiger partial charge >= 0.3 is 0 Å². The maximum Gasteiger partial charge on any atom is 0.183 e. The first-order valence-corrected chi connectivity index (χ1v) is 7.86. The van der Waals surface area contributed by atoms with Crippen molar-refractivity contribution < 1.29 is 4.42 Å². The molecule has 0 fully saturated rings. The lowest BCUT2D eigenvalue weighted by Gasteiger charge is -2.13. The monoisotopic (exact) mass is 435 g/mol. The maximum absolute atomic E-state index is 5.52.